The standard InChI is InChI=1S/C20H16Br2O/c21-14-3-1-12(2-4-14)19-16-9-15(22)5-6-18(16)23-11-13-10-20(13)8-7-17(19)20/h1-6,9,13H,7-8,10-11H2/b19-17-/t13-,20-/m1/s1. The maximum atomic E-state index is 6.20. The zero-order valence-corrected chi connectivity index (χ0v) is 15.8. The topological polar surface area (TPSA) is 9.23 Å². The van der Waals surface area contributed by atoms with Gasteiger partial charge in [0, 0.05) is 20.4 Å². The highest BCUT2D eigenvalue weighted by Gasteiger charge is 2.62. The van der Waals surface area contributed by atoms with Crippen molar-refractivity contribution in [3.05, 3.63) is 68.1 Å². The van der Waals surface area contributed by atoms with Crippen LogP contribution in [0, 0.1) is 11.3 Å². The van der Waals surface area contributed by atoms with E-state index < -0.39 is 0 Å². The molecule has 0 N–H and O–H groups in total. The van der Waals surface area contributed by atoms with Crippen LogP contribution in [0.15, 0.2) is 57.0 Å². The highest BCUT2D eigenvalue weighted by atomic mass is 79.9. The summed E-state index contributed by atoms with van der Waals surface area (Å²) in [6.45, 7) is 0.867. The van der Waals surface area contributed by atoms with Crippen LogP contribution in [0.2, 0.25) is 0 Å². The van der Waals surface area contributed by atoms with E-state index in [9.17, 15) is 0 Å². The summed E-state index contributed by atoms with van der Waals surface area (Å²) in [5.41, 5.74) is 6.05. The second-order valence-corrected chi connectivity index (χ2v) is 8.70. The van der Waals surface area contributed by atoms with E-state index in [2.05, 4.69) is 74.3 Å². The first-order valence-electron chi connectivity index (χ1n) is 8.10. The monoisotopic (exact) mass is 430 g/mol. The van der Waals surface area contributed by atoms with Crippen LogP contribution in [0.5, 0.6) is 5.75 Å². The molecule has 5 rings (SSSR count). The largest absolute Gasteiger partial charge is 0.493 e. The summed E-state index contributed by atoms with van der Waals surface area (Å²) in [5, 5.41) is 0. The Hall–Kier alpha value is -1.06. The molecule has 1 nitrogen and oxygen atoms in total. The molecular weight excluding hydrogens is 416 g/mol. The molecule has 2 saturated carbocycles. The van der Waals surface area contributed by atoms with Gasteiger partial charge in [0.05, 0.1) is 6.61 Å². The van der Waals surface area contributed by atoms with Gasteiger partial charge in [-0.25, -0.2) is 0 Å². The van der Waals surface area contributed by atoms with Gasteiger partial charge in [0.15, 0.2) is 0 Å². The van der Waals surface area contributed by atoms with Gasteiger partial charge in [-0.1, -0.05) is 49.6 Å². The van der Waals surface area contributed by atoms with Crippen molar-refractivity contribution in [2.45, 2.75) is 19.3 Å². The van der Waals surface area contributed by atoms with E-state index in [1.807, 2.05) is 0 Å². The Kier molecular flexibility index (Phi) is 3.09. The summed E-state index contributed by atoms with van der Waals surface area (Å²) in [5.74, 6) is 1.74. The third-order valence-corrected chi connectivity index (χ3v) is 6.76. The van der Waals surface area contributed by atoms with Crippen molar-refractivity contribution in [2.75, 3.05) is 6.61 Å². The summed E-state index contributed by atoms with van der Waals surface area (Å²) in [6, 6.07) is 15.1. The molecule has 1 heterocycles. The first-order chi connectivity index (χ1) is 11.2. The molecule has 0 bridgehead atoms. The molecule has 0 amide bonds. The number of hydrogen-bond acceptors (Lipinski definition) is 1. The first kappa shape index (κ1) is 14.3. The fourth-order valence-electron chi connectivity index (χ4n) is 4.34. The van der Waals surface area contributed by atoms with Gasteiger partial charge in [-0.2, -0.15) is 0 Å². The molecule has 0 saturated heterocycles. The second kappa shape index (κ2) is 4.97. The molecule has 2 atom stereocenters. The fourth-order valence-corrected chi connectivity index (χ4v) is 4.97. The zero-order valence-electron chi connectivity index (χ0n) is 12.6. The van der Waals surface area contributed by atoms with Crippen molar-refractivity contribution in [3.8, 4) is 5.75 Å². The number of ether oxygens (including phenoxy) is 1. The quantitative estimate of drug-likeness (QED) is 0.521. The number of halogens is 2. The molecule has 2 aromatic rings. The molecule has 2 aromatic carbocycles. The van der Waals surface area contributed by atoms with Crippen molar-refractivity contribution in [1.29, 1.82) is 0 Å². The number of benzene rings is 2. The van der Waals surface area contributed by atoms with E-state index in [1.54, 1.807) is 5.57 Å². The number of allylic oxidation sites excluding steroid dienone is 1. The lowest BCUT2D eigenvalue weighted by molar-refractivity contribution is 0.254. The molecule has 1 spiro atoms. The van der Waals surface area contributed by atoms with Crippen LogP contribution in [0.4, 0.5) is 0 Å². The van der Waals surface area contributed by atoms with Crippen LogP contribution in [-0.4, -0.2) is 6.61 Å². The predicted octanol–water partition coefficient (Wildman–Crippen LogP) is 6.21. The van der Waals surface area contributed by atoms with E-state index in [-0.39, 0.29) is 0 Å². The smallest absolute Gasteiger partial charge is 0.127 e. The van der Waals surface area contributed by atoms with Gasteiger partial charge in [0.1, 0.15) is 5.75 Å². The highest BCUT2D eigenvalue weighted by Crippen LogP contribution is 2.71. The van der Waals surface area contributed by atoms with Gasteiger partial charge >= 0.3 is 0 Å². The molecule has 23 heavy (non-hydrogen) atoms. The Labute approximate surface area is 153 Å². The SMILES string of the molecule is Brc1ccc(/C2=C3\CC[C@]34C[C@@H]4COc3ccc(Br)cc32)cc1. The van der Waals surface area contributed by atoms with Crippen LogP contribution < -0.4 is 4.74 Å². The minimum Gasteiger partial charge on any atom is -0.493 e. The van der Waals surface area contributed by atoms with E-state index in [0.29, 0.717) is 11.3 Å². The van der Waals surface area contributed by atoms with Crippen molar-refractivity contribution < 1.29 is 4.74 Å². The van der Waals surface area contributed by atoms with Crippen molar-refractivity contribution >= 4 is 37.4 Å². The lowest BCUT2D eigenvalue weighted by Gasteiger charge is -2.37. The Morgan fingerprint density at radius 3 is 2.52 bits per heavy atom. The van der Waals surface area contributed by atoms with Crippen LogP contribution in [-0.2, 0) is 0 Å². The number of hydrogen-bond donors (Lipinski definition) is 0. The molecule has 0 unspecified atom stereocenters. The van der Waals surface area contributed by atoms with E-state index in [1.165, 1.54) is 36.0 Å². The predicted molar refractivity (Wildman–Crippen MR) is 99.6 cm³/mol. The van der Waals surface area contributed by atoms with Crippen molar-refractivity contribution in [3.63, 3.8) is 0 Å². The first-order valence-corrected chi connectivity index (χ1v) is 9.68. The van der Waals surface area contributed by atoms with Crippen LogP contribution >= 0.6 is 31.9 Å². The normalized spacial score (nSPS) is 30.8. The fraction of sp³-hybridized carbons (Fsp3) is 0.300. The zero-order chi connectivity index (χ0) is 15.6. The number of fused-ring (bicyclic) bond motifs is 1. The van der Waals surface area contributed by atoms with Gasteiger partial charge in [-0.15, -0.1) is 0 Å². The summed E-state index contributed by atoms with van der Waals surface area (Å²) < 4.78 is 8.43. The van der Waals surface area contributed by atoms with Crippen molar-refractivity contribution in [2.24, 2.45) is 11.3 Å². The molecule has 3 heteroatoms. The average Bonchev–Trinajstić information content (AvgIpc) is 3.27. The Morgan fingerprint density at radius 1 is 1.00 bits per heavy atom. The van der Waals surface area contributed by atoms with Gasteiger partial charge < -0.3 is 4.74 Å². The lowest BCUT2D eigenvalue weighted by atomic mass is 9.69. The summed E-state index contributed by atoms with van der Waals surface area (Å²) in [4.78, 5) is 0. The minimum absolute atomic E-state index is 0.447. The molecule has 1 aliphatic heterocycles. The third kappa shape index (κ3) is 2.09. The second-order valence-electron chi connectivity index (χ2n) is 6.87. The third-order valence-electron chi connectivity index (χ3n) is 5.74. The van der Waals surface area contributed by atoms with Crippen molar-refractivity contribution in [1.82, 2.24) is 0 Å². The Balaban J connectivity index is 1.78. The number of rotatable bonds is 1. The molecule has 0 radical (unpaired) electrons. The summed E-state index contributed by atoms with van der Waals surface area (Å²) in [7, 11) is 0. The maximum absolute atomic E-state index is 6.20. The molecule has 2 aliphatic carbocycles. The highest BCUT2D eigenvalue weighted by molar-refractivity contribution is 9.10. The average molecular weight is 432 g/mol. The van der Waals surface area contributed by atoms with Crippen LogP contribution in [0.3, 0.4) is 0 Å². The molecule has 116 valence electrons. The van der Waals surface area contributed by atoms with Gasteiger partial charge in [0.2, 0.25) is 0 Å². The van der Waals surface area contributed by atoms with E-state index in [0.717, 1.165) is 21.3 Å². The van der Waals surface area contributed by atoms with E-state index in [4.69, 9.17) is 4.74 Å². The van der Waals surface area contributed by atoms with E-state index >= 15 is 0 Å². The lowest BCUT2D eigenvalue weighted by Crippen LogP contribution is -2.25. The van der Waals surface area contributed by atoms with Crippen LogP contribution in [0.25, 0.3) is 5.57 Å². The summed E-state index contributed by atoms with van der Waals surface area (Å²) >= 11 is 7.19. The minimum atomic E-state index is 0.447. The van der Waals surface area contributed by atoms with Gasteiger partial charge in [-0.05, 0) is 66.1 Å². The molecular formula is C20H16Br2O. The Morgan fingerprint density at radius 2 is 1.78 bits per heavy atom. The Bertz CT molecular complexity index is 837. The van der Waals surface area contributed by atoms with Gasteiger partial charge in [0.25, 0.3) is 0 Å². The molecule has 2 fully saturated rings. The summed E-state index contributed by atoms with van der Waals surface area (Å²) in [6.07, 6.45) is 3.87. The molecule has 0 aromatic heterocycles. The molecule has 3 aliphatic rings. The van der Waals surface area contributed by atoms with Crippen LogP contribution in [0.1, 0.15) is 30.4 Å². The van der Waals surface area contributed by atoms with Gasteiger partial charge in [-0.3, -0.25) is 0 Å². The maximum Gasteiger partial charge on any atom is 0.127 e.